The summed E-state index contributed by atoms with van der Waals surface area (Å²) in [6, 6.07) is 8.01. The van der Waals surface area contributed by atoms with Gasteiger partial charge >= 0.3 is 6.18 Å². The molecule has 0 aliphatic carbocycles. The van der Waals surface area contributed by atoms with Crippen LogP contribution in [0.4, 0.5) is 17.6 Å². The van der Waals surface area contributed by atoms with Gasteiger partial charge in [-0.15, -0.1) is 0 Å². The zero-order valence-electron chi connectivity index (χ0n) is 14.4. The van der Waals surface area contributed by atoms with Gasteiger partial charge in [0.2, 0.25) is 0 Å². The van der Waals surface area contributed by atoms with Crippen molar-refractivity contribution in [3.63, 3.8) is 0 Å². The normalized spacial score (nSPS) is 11.5. The molecule has 2 N–H and O–H groups in total. The predicted octanol–water partition coefficient (Wildman–Crippen LogP) is 3.37. The van der Waals surface area contributed by atoms with Gasteiger partial charge in [0.25, 0.3) is 11.5 Å². The molecule has 0 bridgehead atoms. The third-order valence-corrected chi connectivity index (χ3v) is 4.09. The van der Waals surface area contributed by atoms with Crippen LogP contribution in [0.3, 0.4) is 0 Å². The number of benzene rings is 2. The molecule has 3 aromatic rings. The number of aromatic nitrogens is 2. The maximum absolute atomic E-state index is 14.4. The SMILES string of the molecule is Cn1cc(C(N)=O)nc(-c2cc(-c3ccccc3C(F)(F)F)ccc2F)c1=O. The van der Waals surface area contributed by atoms with E-state index in [-0.39, 0.29) is 22.4 Å². The number of aryl methyl sites for hydroxylation is 1. The van der Waals surface area contributed by atoms with Crippen molar-refractivity contribution in [3.05, 3.63) is 76.1 Å². The van der Waals surface area contributed by atoms with Crippen LogP contribution in [0.2, 0.25) is 0 Å². The first kappa shape index (κ1) is 19.3. The molecule has 9 heteroatoms. The molecule has 28 heavy (non-hydrogen) atoms. The van der Waals surface area contributed by atoms with Crippen LogP contribution in [0.15, 0.2) is 53.5 Å². The molecule has 5 nitrogen and oxygen atoms in total. The Kier molecular flexibility index (Phi) is 4.76. The highest BCUT2D eigenvalue weighted by Crippen LogP contribution is 2.38. The van der Waals surface area contributed by atoms with Crippen LogP contribution in [0, 0.1) is 5.82 Å². The molecule has 1 amide bonds. The molecule has 0 unspecified atom stereocenters. The largest absolute Gasteiger partial charge is 0.417 e. The van der Waals surface area contributed by atoms with Crippen LogP contribution >= 0.6 is 0 Å². The highest BCUT2D eigenvalue weighted by atomic mass is 19.4. The highest BCUT2D eigenvalue weighted by molar-refractivity contribution is 5.91. The first-order chi connectivity index (χ1) is 13.1. The fourth-order valence-corrected chi connectivity index (χ4v) is 2.76. The Morgan fingerprint density at radius 2 is 1.79 bits per heavy atom. The van der Waals surface area contributed by atoms with E-state index in [9.17, 15) is 27.2 Å². The number of halogens is 4. The van der Waals surface area contributed by atoms with Crippen molar-refractivity contribution in [1.82, 2.24) is 9.55 Å². The molecule has 1 heterocycles. The second-order valence-electron chi connectivity index (χ2n) is 5.99. The van der Waals surface area contributed by atoms with Gasteiger partial charge in [0, 0.05) is 18.8 Å². The molecule has 0 spiro atoms. The van der Waals surface area contributed by atoms with E-state index in [1.165, 1.54) is 31.3 Å². The fraction of sp³-hybridized carbons (Fsp3) is 0.105. The molecule has 144 valence electrons. The van der Waals surface area contributed by atoms with Gasteiger partial charge in [-0.2, -0.15) is 13.2 Å². The molecule has 2 aromatic carbocycles. The lowest BCUT2D eigenvalue weighted by Crippen LogP contribution is -2.25. The lowest BCUT2D eigenvalue weighted by Gasteiger charge is -2.14. The zero-order valence-corrected chi connectivity index (χ0v) is 14.4. The fourth-order valence-electron chi connectivity index (χ4n) is 2.76. The summed E-state index contributed by atoms with van der Waals surface area (Å²) in [5, 5.41) is 0. The maximum atomic E-state index is 14.4. The average Bonchev–Trinajstić information content (AvgIpc) is 2.63. The van der Waals surface area contributed by atoms with Gasteiger partial charge in [0.05, 0.1) is 5.56 Å². The Bertz CT molecular complexity index is 1140. The van der Waals surface area contributed by atoms with Crippen LogP contribution in [-0.2, 0) is 13.2 Å². The molecule has 0 fully saturated rings. The number of amides is 1. The van der Waals surface area contributed by atoms with Crippen LogP contribution in [0.25, 0.3) is 22.4 Å². The van der Waals surface area contributed by atoms with Gasteiger partial charge < -0.3 is 10.3 Å². The summed E-state index contributed by atoms with van der Waals surface area (Å²) in [4.78, 5) is 27.6. The first-order valence-corrected chi connectivity index (χ1v) is 7.93. The number of primary amides is 1. The summed E-state index contributed by atoms with van der Waals surface area (Å²) in [6.45, 7) is 0. The van der Waals surface area contributed by atoms with E-state index in [0.717, 1.165) is 29.0 Å². The predicted molar refractivity (Wildman–Crippen MR) is 93.8 cm³/mol. The van der Waals surface area contributed by atoms with Gasteiger partial charge in [-0.1, -0.05) is 24.3 Å². The summed E-state index contributed by atoms with van der Waals surface area (Å²) in [5.41, 5.74) is 2.35. The second kappa shape index (κ2) is 6.91. The van der Waals surface area contributed by atoms with Crippen molar-refractivity contribution in [3.8, 4) is 22.4 Å². The summed E-state index contributed by atoms with van der Waals surface area (Å²) in [6.07, 6.45) is -3.53. The van der Waals surface area contributed by atoms with Crippen LogP contribution < -0.4 is 11.3 Å². The topological polar surface area (TPSA) is 78.0 Å². The molecular formula is C19H13F4N3O2. The molecular weight excluding hydrogens is 378 g/mol. The summed E-state index contributed by atoms with van der Waals surface area (Å²) in [7, 11) is 1.32. The Morgan fingerprint density at radius 3 is 2.43 bits per heavy atom. The summed E-state index contributed by atoms with van der Waals surface area (Å²) < 4.78 is 55.3. The van der Waals surface area contributed by atoms with E-state index < -0.39 is 34.7 Å². The maximum Gasteiger partial charge on any atom is 0.417 e. The third-order valence-electron chi connectivity index (χ3n) is 4.09. The smallest absolute Gasteiger partial charge is 0.364 e. The first-order valence-electron chi connectivity index (χ1n) is 7.93. The van der Waals surface area contributed by atoms with E-state index in [0.29, 0.717) is 0 Å². The molecule has 0 aliphatic rings. The Balaban J connectivity index is 2.26. The zero-order chi connectivity index (χ0) is 20.6. The van der Waals surface area contributed by atoms with Crippen molar-refractivity contribution < 1.29 is 22.4 Å². The third kappa shape index (κ3) is 3.51. The number of alkyl halides is 3. The molecule has 0 atom stereocenters. The summed E-state index contributed by atoms with van der Waals surface area (Å²) >= 11 is 0. The second-order valence-corrected chi connectivity index (χ2v) is 5.99. The van der Waals surface area contributed by atoms with Crippen LogP contribution in [0.5, 0.6) is 0 Å². The van der Waals surface area contributed by atoms with Crippen molar-refractivity contribution in [1.29, 1.82) is 0 Å². The van der Waals surface area contributed by atoms with Gasteiger partial charge in [-0.25, -0.2) is 9.37 Å². The minimum Gasteiger partial charge on any atom is -0.364 e. The quantitative estimate of drug-likeness (QED) is 0.696. The average molecular weight is 391 g/mol. The molecule has 1 aromatic heterocycles. The molecule has 0 saturated carbocycles. The van der Waals surface area contributed by atoms with E-state index in [1.807, 2.05) is 0 Å². The number of nitrogens with zero attached hydrogens (tertiary/aromatic N) is 2. The standard InChI is InChI=1S/C19H13F4N3O2/c1-26-9-15(17(24)27)25-16(18(26)28)12-8-10(6-7-14(12)20)11-4-2-3-5-13(11)19(21,22)23/h2-9H,1H3,(H2,24,27). The van der Waals surface area contributed by atoms with Crippen molar-refractivity contribution >= 4 is 5.91 Å². The lowest BCUT2D eigenvalue weighted by molar-refractivity contribution is -0.137. The molecule has 0 radical (unpaired) electrons. The van der Waals surface area contributed by atoms with Gasteiger partial charge in [0.1, 0.15) is 17.2 Å². The summed E-state index contributed by atoms with van der Waals surface area (Å²) in [5.74, 6) is -1.81. The molecule has 3 rings (SSSR count). The van der Waals surface area contributed by atoms with E-state index in [4.69, 9.17) is 5.73 Å². The van der Waals surface area contributed by atoms with Crippen molar-refractivity contribution in [2.24, 2.45) is 12.8 Å². The number of carbonyl (C=O) groups excluding carboxylic acids is 1. The van der Waals surface area contributed by atoms with Crippen LogP contribution in [0.1, 0.15) is 16.1 Å². The molecule has 0 saturated heterocycles. The number of carbonyl (C=O) groups is 1. The Morgan fingerprint density at radius 1 is 1.11 bits per heavy atom. The van der Waals surface area contributed by atoms with Crippen LogP contribution in [-0.4, -0.2) is 15.5 Å². The Labute approximate surface area is 156 Å². The highest BCUT2D eigenvalue weighted by Gasteiger charge is 2.33. The molecule has 0 aliphatic heterocycles. The number of rotatable bonds is 3. The lowest BCUT2D eigenvalue weighted by atomic mass is 9.96. The monoisotopic (exact) mass is 391 g/mol. The minimum absolute atomic E-state index is 0.0395. The van der Waals surface area contributed by atoms with Gasteiger partial charge in [-0.3, -0.25) is 9.59 Å². The number of hydrogen-bond donors (Lipinski definition) is 1. The number of nitrogens with two attached hydrogens (primary N) is 1. The van der Waals surface area contributed by atoms with E-state index in [1.54, 1.807) is 0 Å². The van der Waals surface area contributed by atoms with Crippen molar-refractivity contribution in [2.75, 3.05) is 0 Å². The van der Waals surface area contributed by atoms with Gasteiger partial charge in [-0.05, 0) is 29.3 Å². The number of hydrogen-bond acceptors (Lipinski definition) is 3. The van der Waals surface area contributed by atoms with Crippen molar-refractivity contribution in [2.45, 2.75) is 6.18 Å². The van der Waals surface area contributed by atoms with Gasteiger partial charge in [0.15, 0.2) is 0 Å². The minimum atomic E-state index is -4.62. The van der Waals surface area contributed by atoms with E-state index in [2.05, 4.69) is 4.98 Å². The van der Waals surface area contributed by atoms with E-state index >= 15 is 0 Å². The Hall–Kier alpha value is -3.49.